The van der Waals surface area contributed by atoms with Crippen molar-refractivity contribution in [1.82, 2.24) is 9.71 Å². The normalized spacial score (nSPS) is 17.6. The maximum atomic E-state index is 13.7. The first-order valence-electron chi connectivity index (χ1n) is 11.6. The SMILES string of the molecule is CC(C)(C)[S@](=O)N[C@@H](c1cnc(CC(=O)C2(c3ccc4c(c3)OCO4)CC2)s1)c1ccc(F)cc1Cl. The van der Waals surface area contributed by atoms with Gasteiger partial charge in [0.05, 0.1) is 33.6 Å². The van der Waals surface area contributed by atoms with Crippen molar-refractivity contribution in [3.8, 4) is 11.5 Å². The third-order valence-electron chi connectivity index (χ3n) is 6.43. The zero-order chi connectivity index (χ0) is 25.7. The van der Waals surface area contributed by atoms with E-state index in [0.29, 0.717) is 22.1 Å². The molecule has 0 radical (unpaired) electrons. The average Bonchev–Trinajstić information content (AvgIpc) is 3.28. The Morgan fingerprint density at radius 3 is 2.67 bits per heavy atom. The summed E-state index contributed by atoms with van der Waals surface area (Å²) in [4.78, 5) is 18.7. The molecule has 6 nitrogen and oxygen atoms in total. The van der Waals surface area contributed by atoms with Crippen molar-refractivity contribution >= 4 is 39.7 Å². The number of Topliss-reactive ketones (excluding diaryl/α,β-unsaturated/α-hetero) is 1. The summed E-state index contributed by atoms with van der Waals surface area (Å²) in [5.74, 6) is 1.01. The lowest BCUT2D eigenvalue weighted by molar-refractivity contribution is -0.120. The van der Waals surface area contributed by atoms with Crippen molar-refractivity contribution in [2.24, 2.45) is 0 Å². The number of thiazole rings is 1. The van der Waals surface area contributed by atoms with Crippen molar-refractivity contribution in [3.63, 3.8) is 0 Å². The molecule has 0 unspecified atom stereocenters. The molecule has 2 heterocycles. The van der Waals surface area contributed by atoms with Crippen LogP contribution in [-0.2, 0) is 27.6 Å². The number of rotatable bonds is 8. The van der Waals surface area contributed by atoms with Gasteiger partial charge in [-0.05, 0) is 69.0 Å². The van der Waals surface area contributed by atoms with Crippen molar-refractivity contribution in [1.29, 1.82) is 0 Å². The lowest BCUT2D eigenvalue weighted by atomic mass is 9.89. The quantitative estimate of drug-likeness (QED) is 0.394. The highest BCUT2D eigenvalue weighted by Crippen LogP contribution is 2.51. The molecule has 2 aliphatic rings. The zero-order valence-electron chi connectivity index (χ0n) is 20.1. The van der Waals surface area contributed by atoms with E-state index in [2.05, 4.69) is 9.71 Å². The molecular formula is C26H26ClFN2O4S2. The number of ether oxygens (including phenoxy) is 2. The summed E-state index contributed by atoms with van der Waals surface area (Å²) in [6.07, 6.45) is 3.42. The summed E-state index contributed by atoms with van der Waals surface area (Å²) >= 11 is 7.73. The molecular weight excluding hydrogens is 523 g/mol. The van der Waals surface area contributed by atoms with Crippen LogP contribution in [0.25, 0.3) is 0 Å². The number of hydrogen-bond acceptors (Lipinski definition) is 6. The molecule has 3 aromatic rings. The summed E-state index contributed by atoms with van der Waals surface area (Å²) in [5, 5.41) is 0.887. The van der Waals surface area contributed by atoms with Gasteiger partial charge in [-0.3, -0.25) is 4.79 Å². The minimum Gasteiger partial charge on any atom is -0.454 e. The molecule has 5 rings (SSSR count). The summed E-state index contributed by atoms with van der Waals surface area (Å²) < 4.78 is 40.2. The van der Waals surface area contributed by atoms with E-state index in [4.69, 9.17) is 21.1 Å². The monoisotopic (exact) mass is 548 g/mol. The molecule has 1 fully saturated rings. The molecule has 1 aliphatic carbocycles. The first kappa shape index (κ1) is 25.3. The Hall–Kier alpha value is -2.33. The maximum Gasteiger partial charge on any atom is 0.231 e. The molecule has 0 spiro atoms. The maximum absolute atomic E-state index is 13.7. The summed E-state index contributed by atoms with van der Waals surface area (Å²) in [7, 11) is -1.43. The van der Waals surface area contributed by atoms with Crippen LogP contribution in [0, 0.1) is 5.82 Å². The molecule has 2 aromatic carbocycles. The second-order valence-corrected chi connectivity index (χ2v) is 13.6. The van der Waals surface area contributed by atoms with Gasteiger partial charge in [-0.2, -0.15) is 0 Å². The van der Waals surface area contributed by atoms with E-state index in [1.165, 1.54) is 23.5 Å². The van der Waals surface area contributed by atoms with E-state index in [-0.39, 0.29) is 24.0 Å². The lowest BCUT2D eigenvalue weighted by Crippen LogP contribution is -2.36. The van der Waals surface area contributed by atoms with Crippen molar-refractivity contribution in [2.75, 3.05) is 6.79 Å². The predicted molar refractivity (Wildman–Crippen MR) is 139 cm³/mol. The average molecular weight is 549 g/mol. The second-order valence-electron chi connectivity index (χ2n) is 10.0. The van der Waals surface area contributed by atoms with Gasteiger partial charge in [-0.1, -0.05) is 23.7 Å². The fourth-order valence-corrected chi connectivity index (χ4v) is 6.35. The molecule has 0 amide bonds. The largest absolute Gasteiger partial charge is 0.454 e. The Balaban J connectivity index is 1.39. The zero-order valence-corrected chi connectivity index (χ0v) is 22.5. The number of halogens is 2. The van der Waals surface area contributed by atoms with Crippen LogP contribution in [-0.4, -0.2) is 26.5 Å². The van der Waals surface area contributed by atoms with Crippen molar-refractivity contribution in [2.45, 2.75) is 56.2 Å². The molecule has 0 bridgehead atoms. The summed E-state index contributed by atoms with van der Waals surface area (Å²) in [5.41, 5.74) is 1.00. The van der Waals surface area contributed by atoms with Crippen LogP contribution in [0.1, 0.15) is 60.7 Å². The minimum atomic E-state index is -1.43. The second kappa shape index (κ2) is 9.52. The number of fused-ring (bicyclic) bond motifs is 1. The summed E-state index contributed by atoms with van der Waals surface area (Å²) in [6, 6.07) is 9.26. The molecule has 2 atom stereocenters. The highest BCUT2D eigenvalue weighted by Gasteiger charge is 2.51. The van der Waals surface area contributed by atoms with Crippen molar-refractivity contribution < 1.29 is 22.9 Å². The predicted octanol–water partition coefficient (Wildman–Crippen LogP) is 5.65. The number of ketones is 1. The molecule has 1 aliphatic heterocycles. The van der Waals surface area contributed by atoms with E-state index in [1.807, 2.05) is 39.0 Å². The smallest absolute Gasteiger partial charge is 0.231 e. The molecule has 1 aromatic heterocycles. The number of carbonyl (C=O) groups is 1. The van der Waals surface area contributed by atoms with Gasteiger partial charge in [0.1, 0.15) is 16.6 Å². The third-order valence-corrected chi connectivity index (χ3v) is 9.38. The van der Waals surface area contributed by atoms with Gasteiger partial charge in [-0.15, -0.1) is 11.3 Å². The topological polar surface area (TPSA) is 77.5 Å². The summed E-state index contributed by atoms with van der Waals surface area (Å²) in [6.45, 7) is 5.78. The third kappa shape index (κ3) is 4.94. The molecule has 0 saturated heterocycles. The van der Waals surface area contributed by atoms with E-state index in [1.54, 1.807) is 12.3 Å². The Labute approximate surface area is 220 Å². The van der Waals surface area contributed by atoms with Crippen LogP contribution < -0.4 is 14.2 Å². The van der Waals surface area contributed by atoms with Gasteiger partial charge < -0.3 is 9.47 Å². The van der Waals surface area contributed by atoms with E-state index >= 15 is 0 Å². The number of aromatic nitrogens is 1. The lowest BCUT2D eigenvalue weighted by Gasteiger charge is -2.24. The molecule has 36 heavy (non-hydrogen) atoms. The first-order chi connectivity index (χ1) is 17.1. The van der Waals surface area contributed by atoms with Crippen LogP contribution in [0.4, 0.5) is 4.39 Å². The van der Waals surface area contributed by atoms with Gasteiger partial charge in [0.25, 0.3) is 0 Å². The highest BCUT2D eigenvalue weighted by molar-refractivity contribution is 7.84. The Morgan fingerprint density at radius 1 is 1.22 bits per heavy atom. The van der Waals surface area contributed by atoms with Crippen LogP contribution in [0.5, 0.6) is 11.5 Å². The van der Waals surface area contributed by atoms with Gasteiger partial charge in [0, 0.05) is 16.1 Å². The Bertz CT molecular complexity index is 1350. The minimum absolute atomic E-state index is 0.102. The molecule has 1 N–H and O–H groups in total. The van der Waals surface area contributed by atoms with Crippen molar-refractivity contribution in [3.05, 3.63) is 74.4 Å². The fourth-order valence-electron chi connectivity index (χ4n) is 4.19. The molecule has 190 valence electrons. The molecule has 1 saturated carbocycles. The fraction of sp³-hybridized carbons (Fsp3) is 0.385. The van der Waals surface area contributed by atoms with Gasteiger partial charge in [0.15, 0.2) is 11.5 Å². The number of benzene rings is 2. The van der Waals surface area contributed by atoms with E-state index in [0.717, 1.165) is 23.3 Å². The van der Waals surface area contributed by atoms with Gasteiger partial charge >= 0.3 is 0 Å². The number of hydrogen-bond donors (Lipinski definition) is 1. The number of nitrogens with one attached hydrogen (secondary N) is 1. The number of nitrogens with zero attached hydrogens (tertiary/aromatic N) is 1. The van der Waals surface area contributed by atoms with Crippen LogP contribution in [0.15, 0.2) is 42.6 Å². The number of carbonyl (C=O) groups excluding carboxylic acids is 1. The Morgan fingerprint density at radius 2 is 1.97 bits per heavy atom. The van der Waals surface area contributed by atoms with Crippen LogP contribution in [0.3, 0.4) is 0 Å². The van der Waals surface area contributed by atoms with Crippen LogP contribution >= 0.6 is 22.9 Å². The molecule has 10 heteroatoms. The van der Waals surface area contributed by atoms with Gasteiger partial charge in [-0.25, -0.2) is 18.3 Å². The first-order valence-corrected chi connectivity index (χ1v) is 13.9. The Kier molecular flexibility index (Phi) is 6.70. The van der Waals surface area contributed by atoms with E-state index < -0.39 is 33.0 Å². The van der Waals surface area contributed by atoms with Crippen LogP contribution in [0.2, 0.25) is 5.02 Å². The van der Waals surface area contributed by atoms with E-state index in [9.17, 15) is 13.4 Å². The van der Waals surface area contributed by atoms with Gasteiger partial charge in [0.2, 0.25) is 6.79 Å². The standard InChI is InChI=1S/C26H26ClFN2O4S2/c1-25(2,3)36(32)30-24(17-6-5-16(28)11-18(17)27)21-13-29-23(35-21)12-22(31)26(8-9-26)15-4-7-19-20(10-15)34-14-33-19/h4-7,10-11,13,24,30H,8-9,12,14H2,1-3H3/t24-,36+/m1/s1. The highest BCUT2D eigenvalue weighted by atomic mass is 35.5.